The molecule has 0 aliphatic carbocycles. The average Bonchev–Trinajstić information content (AvgIpc) is 2.74. The summed E-state index contributed by atoms with van der Waals surface area (Å²) >= 11 is 0. The van der Waals surface area contributed by atoms with Gasteiger partial charge in [0.05, 0.1) is 16.7 Å². The highest BCUT2D eigenvalue weighted by Gasteiger charge is 2.24. The number of piperazine rings is 1. The fourth-order valence-electron chi connectivity index (χ4n) is 3.66. The molecule has 150 valence electrons. The lowest BCUT2D eigenvalue weighted by Crippen LogP contribution is -2.50. The summed E-state index contributed by atoms with van der Waals surface area (Å²) in [5.41, 5.74) is 4.97. The number of carbonyl (C=O) groups excluding carboxylic acids is 1. The van der Waals surface area contributed by atoms with Gasteiger partial charge in [0, 0.05) is 26.2 Å². The zero-order valence-corrected chi connectivity index (χ0v) is 17.2. The zero-order chi connectivity index (χ0) is 20.4. The monoisotopic (exact) mass is 390 g/mol. The van der Waals surface area contributed by atoms with E-state index in [4.69, 9.17) is 9.72 Å². The Labute approximate surface area is 171 Å². The van der Waals surface area contributed by atoms with Crippen LogP contribution in [-0.4, -0.2) is 53.6 Å². The van der Waals surface area contributed by atoms with E-state index in [9.17, 15) is 4.79 Å². The number of ether oxygens (including phenoxy) is 1. The Morgan fingerprint density at radius 2 is 1.62 bits per heavy atom. The summed E-state index contributed by atoms with van der Waals surface area (Å²) in [6.07, 6.45) is 0. The van der Waals surface area contributed by atoms with E-state index in [1.807, 2.05) is 68.1 Å². The Balaban J connectivity index is 1.37. The maximum atomic E-state index is 12.6. The first kappa shape index (κ1) is 19.2. The molecule has 0 N–H and O–H groups in total. The third kappa shape index (κ3) is 4.01. The Hall–Kier alpha value is -3.15. The largest absolute Gasteiger partial charge is 0.483 e. The highest BCUT2D eigenvalue weighted by atomic mass is 16.5. The van der Waals surface area contributed by atoms with Gasteiger partial charge in [0.15, 0.2) is 12.4 Å². The number of aryl methyl sites for hydroxylation is 2. The Bertz CT molecular complexity index is 1040. The molecule has 1 aliphatic rings. The summed E-state index contributed by atoms with van der Waals surface area (Å²) in [6.45, 7) is 8.91. The minimum Gasteiger partial charge on any atom is -0.483 e. The number of carbonyl (C=O) groups is 1. The third-order valence-electron chi connectivity index (χ3n) is 5.56. The second-order valence-corrected chi connectivity index (χ2v) is 7.48. The van der Waals surface area contributed by atoms with Crippen LogP contribution in [0.2, 0.25) is 0 Å². The second kappa shape index (κ2) is 8.07. The molecule has 0 bridgehead atoms. The van der Waals surface area contributed by atoms with Crippen molar-refractivity contribution in [3.05, 3.63) is 59.3 Å². The van der Waals surface area contributed by atoms with Crippen molar-refractivity contribution in [1.82, 2.24) is 14.9 Å². The Morgan fingerprint density at radius 1 is 0.931 bits per heavy atom. The molecule has 29 heavy (non-hydrogen) atoms. The molecule has 1 amide bonds. The van der Waals surface area contributed by atoms with Crippen molar-refractivity contribution in [3.63, 3.8) is 0 Å². The summed E-state index contributed by atoms with van der Waals surface area (Å²) < 4.78 is 5.78. The predicted octanol–water partition coefficient (Wildman–Crippen LogP) is 3.28. The van der Waals surface area contributed by atoms with Gasteiger partial charge < -0.3 is 14.5 Å². The fourth-order valence-corrected chi connectivity index (χ4v) is 3.66. The number of anilines is 1. The number of amides is 1. The Morgan fingerprint density at radius 3 is 2.34 bits per heavy atom. The molecule has 0 saturated carbocycles. The van der Waals surface area contributed by atoms with Crippen molar-refractivity contribution < 1.29 is 9.53 Å². The average molecular weight is 390 g/mol. The van der Waals surface area contributed by atoms with Crippen molar-refractivity contribution in [3.8, 4) is 5.75 Å². The summed E-state index contributed by atoms with van der Waals surface area (Å²) in [6, 6.07) is 13.8. The summed E-state index contributed by atoms with van der Waals surface area (Å²) in [7, 11) is 0. The summed E-state index contributed by atoms with van der Waals surface area (Å²) in [4.78, 5) is 26.2. The van der Waals surface area contributed by atoms with Crippen molar-refractivity contribution in [2.24, 2.45) is 0 Å². The van der Waals surface area contributed by atoms with Crippen LogP contribution in [0.5, 0.6) is 5.75 Å². The van der Waals surface area contributed by atoms with Crippen molar-refractivity contribution in [1.29, 1.82) is 0 Å². The van der Waals surface area contributed by atoms with Gasteiger partial charge in [-0.1, -0.05) is 24.3 Å². The molecule has 0 unspecified atom stereocenters. The Kier molecular flexibility index (Phi) is 5.34. The molecular weight excluding hydrogens is 364 g/mol. The van der Waals surface area contributed by atoms with E-state index in [0.29, 0.717) is 13.1 Å². The molecule has 1 aromatic heterocycles. The van der Waals surface area contributed by atoms with Gasteiger partial charge in [-0.15, -0.1) is 0 Å². The molecule has 0 atom stereocenters. The molecular formula is C23H26N4O2. The minimum absolute atomic E-state index is 0.0203. The number of fused-ring (bicyclic) bond motifs is 1. The van der Waals surface area contributed by atoms with Gasteiger partial charge in [-0.25, -0.2) is 9.97 Å². The molecule has 6 heteroatoms. The molecule has 1 aliphatic heterocycles. The van der Waals surface area contributed by atoms with E-state index in [1.54, 1.807) is 0 Å². The highest BCUT2D eigenvalue weighted by Crippen LogP contribution is 2.22. The van der Waals surface area contributed by atoms with Crippen LogP contribution in [0, 0.1) is 20.8 Å². The smallest absolute Gasteiger partial charge is 0.260 e. The first-order valence-corrected chi connectivity index (χ1v) is 9.98. The normalized spacial score (nSPS) is 14.3. The van der Waals surface area contributed by atoms with E-state index in [-0.39, 0.29) is 12.5 Å². The molecule has 2 heterocycles. The lowest BCUT2D eigenvalue weighted by molar-refractivity contribution is -0.133. The predicted molar refractivity (Wildman–Crippen MR) is 114 cm³/mol. The fraction of sp³-hybridized carbons (Fsp3) is 0.348. The van der Waals surface area contributed by atoms with Gasteiger partial charge in [0.25, 0.3) is 5.91 Å². The van der Waals surface area contributed by atoms with Crippen molar-refractivity contribution >= 4 is 22.8 Å². The maximum absolute atomic E-state index is 12.6. The zero-order valence-electron chi connectivity index (χ0n) is 17.2. The highest BCUT2D eigenvalue weighted by molar-refractivity contribution is 5.78. The van der Waals surface area contributed by atoms with E-state index < -0.39 is 0 Å². The van der Waals surface area contributed by atoms with Crippen LogP contribution in [0.1, 0.15) is 16.8 Å². The minimum atomic E-state index is 0.0203. The van der Waals surface area contributed by atoms with E-state index in [1.165, 1.54) is 0 Å². The second-order valence-electron chi connectivity index (χ2n) is 7.48. The number of nitrogens with zero attached hydrogens (tertiary/aromatic N) is 4. The molecule has 6 nitrogen and oxygen atoms in total. The van der Waals surface area contributed by atoms with Crippen molar-refractivity contribution in [2.45, 2.75) is 20.8 Å². The third-order valence-corrected chi connectivity index (χ3v) is 5.56. The molecule has 3 aromatic rings. The number of benzene rings is 2. The van der Waals surface area contributed by atoms with Crippen molar-refractivity contribution in [2.75, 3.05) is 37.7 Å². The quantitative estimate of drug-likeness (QED) is 0.684. The number of aromatic nitrogens is 2. The maximum Gasteiger partial charge on any atom is 0.260 e. The van der Waals surface area contributed by atoms with Crippen LogP contribution in [-0.2, 0) is 4.79 Å². The van der Waals surface area contributed by atoms with Crippen LogP contribution in [0.25, 0.3) is 11.0 Å². The molecule has 4 rings (SSSR count). The first-order valence-electron chi connectivity index (χ1n) is 9.98. The number of rotatable bonds is 4. The van der Waals surface area contributed by atoms with Gasteiger partial charge in [-0.3, -0.25) is 4.79 Å². The molecule has 0 spiro atoms. The summed E-state index contributed by atoms with van der Waals surface area (Å²) in [5.74, 6) is 1.70. The lowest BCUT2D eigenvalue weighted by Gasteiger charge is -2.35. The van der Waals surface area contributed by atoms with Crippen LogP contribution < -0.4 is 9.64 Å². The van der Waals surface area contributed by atoms with Crippen LogP contribution >= 0.6 is 0 Å². The van der Waals surface area contributed by atoms with Crippen LogP contribution in [0.3, 0.4) is 0 Å². The summed E-state index contributed by atoms with van der Waals surface area (Å²) in [5, 5.41) is 0. The van der Waals surface area contributed by atoms with Gasteiger partial charge >= 0.3 is 0 Å². The standard InChI is InChI=1S/C23H26N4O2/c1-16-7-6-10-21(17(16)2)29-15-22(28)26-11-13-27(14-12-26)23-18(3)24-19-8-4-5-9-20(19)25-23/h4-10H,11-15H2,1-3H3. The lowest BCUT2D eigenvalue weighted by atomic mass is 10.1. The molecule has 0 radical (unpaired) electrons. The molecule has 1 saturated heterocycles. The van der Waals surface area contributed by atoms with E-state index >= 15 is 0 Å². The topological polar surface area (TPSA) is 58.6 Å². The number of hydrogen-bond acceptors (Lipinski definition) is 5. The van der Waals surface area contributed by atoms with Gasteiger partial charge in [-0.05, 0) is 50.1 Å². The van der Waals surface area contributed by atoms with E-state index in [0.717, 1.165) is 52.5 Å². The SMILES string of the molecule is Cc1cccc(OCC(=O)N2CCN(c3nc4ccccc4nc3C)CC2)c1C. The molecule has 1 fully saturated rings. The first-order chi connectivity index (χ1) is 14.0. The molecule has 2 aromatic carbocycles. The van der Waals surface area contributed by atoms with Crippen LogP contribution in [0.4, 0.5) is 5.82 Å². The van der Waals surface area contributed by atoms with Crippen LogP contribution in [0.15, 0.2) is 42.5 Å². The van der Waals surface area contributed by atoms with E-state index in [2.05, 4.69) is 9.88 Å². The van der Waals surface area contributed by atoms with Gasteiger partial charge in [0.2, 0.25) is 0 Å². The number of hydrogen-bond donors (Lipinski definition) is 0. The number of para-hydroxylation sites is 2. The van der Waals surface area contributed by atoms with Gasteiger partial charge in [-0.2, -0.15) is 0 Å². The van der Waals surface area contributed by atoms with Gasteiger partial charge in [0.1, 0.15) is 5.75 Å².